The Morgan fingerprint density at radius 3 is 2.80 bits per heavy atom. The molecule has 2 heterocycles. The number of anilines is 1. The SMILES string of the molecule is COc1ccccc1-c1nc2c(CO)cccn2c1N. The van der Waals surface area contributed by atoms with Crippen LogP contribution >= 0.6 is 0 Å². The Hall–Kier alpha value is -2.53. The lowest BCUT2D eigenvalue weighted by Crippen LogP contribution is -1.96. The standard InChI is InChI=1S/C15H15N3O2/c1-20-12-7-3-2-6-11(12)13-14(16)18-8-4-5-10(9-19)15(18)17-13/h2-8,19H,9,16H2,1H3. The summed E-state index contributed by atoms with van der Waals surface area (Å²) in [7, 11) is 1.62. The first-order chi connectivity index (χ1) is 9.76. The Balaban J connectivity index is 2.29. The number of aliphatic hydroxyl groups excluding tert-OH is 1. The van der Waals surface area contributed by atoms with Crippen LogP contribution in [0.2, 0.25) is 0 Å². The number of methoxy groups -OCH3 is 1. The van der Waals surface area contributed by atoms with Crippen LogP contribution < -0.4 is 10.5 Å². The van der Waals surface area contributed by atoms with E-state index >= 15 is 0 Å². The molecule has 0 aliphatic heterocycles. The van der Waals surface area contributed by atoms with Crippen LogP contribution in [0.15, 0.2) is 42.6 Å². The number of hydrogen-bond donors (Lipinski definition) is 2. The first-order valence-electron chi connectivity index (χ1n) is 6.26. The summed E-state index contributed by atoms with van der Waals surface area (Å²) in [5.41, 5.74) is 9.07. The summed E-state index contributed by atoms with van der Waals surface area (Å²) in [5.74, 6) is 1.24. The normalized spacial score (nSPS) is 10.9. The van der Waals surface area contributed by atoms with Gasteiger partial charge in [0.1, 0.15) is 22.9 Å². The summed E-state index contributed by atoms with van der Waals surface area (Å²) in [6.45, 7) is -0.0772. The number of nitrogens with two attached hydrogens (primary N) is 1. The molecule has 0 fully saturated rings. The van der Waals surface area contributed by atoms with Gasteiger partial charge in [-0.1, -0.05) is 18.2 Å². The lowest BCUT2D eigenvalue weighted by atomic mass is 10.1. The van der Waals surface area contributed by atoms with Gasteiger partial charge in [-0.3, -0.25) is 4.40 Å². The van der Waals surface area contributed by atoms with E-state index in [0.717, 1.165) is 11.1 Å². The first-order valence-corrected chi connectivity index (χ1v) is 6.26. The highest BCUT2D eigenvalue weighted by Gasteiger charge is 2.16. The summed E-state index contributed by atoms with van der Waals surface area (Å²) < 4.78 is 7.12. The number of para-hydroxylation sites is 1. The Labute approximate surface area is 116 Å². The molecule has 20 heavy (non-hydrogen) atoms. The molecular formula is C15H15N3O2. The van der Waals surface area contributed by atoms with Gasteiger partial charge >= 0.3 is 0 Å². The topological polar surface area (TPSA) is 72.8 Å². The van der Waals surface area contributed by atoms with E-state index in [1.807, 2.05) is 42.6 Å². The van der Waals surface area contributed by atoms with Gasteiger partial charge in [-0.25, -0.2) is 4.98 Å². The second kappa shape index (κ2) is 4.86. The average Bonchev–Trinajstić information content (AvgIpc) is 2.84. The fraction of sp³-hybridized carbons (Fsp3) is 0.133. The number of imidazole rings is 1. The molecule has 0 radical (unpaired) electrons. The fourth-order valence-electron chi connectivity index (χ4n) is 2.30. The molecule has 0 saturated carbocycles. The minimum Gasteiger partial charge on any atom is -0.496 e. The second-order valence-corrected chi connectivity index (χ2v) is 4.43. The third-order valence-corrected chi connectivity index (χ3v) is 3.30. The van der Waals surface area contributed by atoms with Crippen molar-refractivity contribution in [1.82, 2.24) is 9.38 Å². The molecule has 0 amide bonds. The quantitative estimate of drug-likeness (QED) is 0.763. The lowest BCUT2D eigenvalue weighted by molar-refractivity contribution is 0.282. The predicted molar refractivity (Wildman–Crippen MR) is 77.5 cm³/mol. The summed E-state index contributed by atoms with van der Waals surface area (Å²) >= 11 is 0. The van der Waals surface area contributed by atoms with Crippen LogP contribution in [0.4, 0.5) is 5.82 Å². The Kier molecular flexibility index (Phi) is 3.04. The number of pyridine rings is 1. The van der Waals surface area contributed by atoms with E-state index in [1.54, 1.807) is 11.5 Å². The third-order valence-electron chi connectivity index (χ3n) is 3.30. The largest absolute Gasteiger partial charge is 0.496 e. The maximum absolute atomic E-state index is 9.39. The van der Waals surface area contributed by atoms with E-state index in [2.05, 4.69) is 4.98 Å². The van der Waals surface area contributed by atoms with Gasteiger partial charge in [0.25, 0.3) is 0 Å². The molecule has 5 nitrogen and oxygen atoms in total. The predicted octanol–water partition coefficient (Wildman–Crippen LogP) is 2.08. The maximum atomic E-state index is 9.39. The zero-order valence-electron chi connectivity index (χ0n) is 11.1. The van der Waals surface area contributed by atoms with Gasteiger partial charge in [0.2, 0.25) is 0 Å². The summed E-state index contributed by atoms with van der Waals surface area (Å²) in [5, 5.41) is 9.39. The Morgan fingerprint density at radius 1 is 1.25 bits per heavy atom. The van der Waals surface area contributed by atoms with Crippen molar-refractivity contribution in [3.05, 3.63) is 48.2 Å². The average molecular weight is 269 g/mol. The van der Waals surface area contributed by atoms with Crippen molar-refractivity contribution in [2.75, 3.05) is 12.8 Å². The van der Waals surface area contributed by atoms with Gasteiger partial charge in [0, 0.05) is 17.3 Å². The van der Waals surface area contributed by atoms with Crippen LogP contribution in [0.3, 0.4) is 0 Å². The molecule has 3 rings (SSSR count). The van der Waals surface area contributed by atoms with Gasteiger partial charge in [-0.05, 0) is 18.2 Å². The van der Waals surface area contributed by atoms with Gasteiger partial charge in [-0.2, -0.15) is 0 Å². The third kappa shape index (κ3) is 1.80. The summed E-state index contributed by atoms with van der Waals surface area (Å²) in [6.07, 6.45) is 1.83. The van der Waals surface area contributed by atoms with Gasteiger partial charge in [0.05, 0.1) is 13.7 Å². The molecule has 0 bridgehead atoms. The molecule has 102 valence electrons. The number of rotatable bonds is 3. The smallest absolute Gasteiger partial charge is 0.144 e. The van der Waals surface area contributed by atoms with Crippen LogP contribution in [-0.4, -0.2) is 21.6 Å². The molecule has 3 N–H and O–H groups in total. The van der Waals surface area contributed by atoms with Crippen LogP contribution in [0.25, 0.3) is 16.9 Å². The van der Waals surface area contributed by atoms with E-state index in [1.165, 1.54) is 0 Å². The number of aliphatic hydroxyl groups is 1. The molecule has 0 saturated heterocycles. The monoisotopic (exact) mass is 269 g/mol. The lowest BCUT2D eigenvalue weighted by Gasteiger charge is -2.06. The highest BCUT2D eigenvalue weighted by atomic mass is 16.5. The summed E-state index contributed by atoms with van der Waals surface area (Å²) in [6, 6.07) is 11.2. The molecule has 0 aliphatic rings. The van der Waals surface area contributed by atoms with E-state index < -0.39 is 0 Å². The number of benzene rings is 1. The molecule has 2 aromatic heterocycles. The molecule has 0 spiro atoms. The van der Waals surface area contributed by atoms with Crippen molar-refractivity contribution in [1.29, 1.82) is 0 Å². The Bertz CT molecular complexity index is 765. The molecule has 5 heteroatoms. The molecule has 0 atom stereocenters. The fourth-order valence-corrected chi connectivity index (χ4v) is 2.30. The van der Waals surface area contributed by atoms with E-state index in [9.17, 15) is 5.11 Å². The molecule has 0 aliphatic carbocycles. The number of aromatic nitrogens is 2. The van der Waals surface area contributed by atoms with E-state index in [0.29, 0.717) is 22.9 Å². The number of hydrogen-bond acceptors (Lipinski definition) is 4. The number of nitrogens with zero attached hydrogens (tertiary/aromatic N) is 2. The van der Waals surface area contributed by atoms with Crippen LogP contribution in [0.5, 0.6) is 5.75 Å². The minimum absolute atomic E-state index is 0.0772. The first kappa shape index (κ1) is 12.5. The van der Waals surface area contributed by atoms with Crippen molar-refractivity contribution in [3.63, 3.8) is 0 Å². The van der Waals surface area contributed by atoms with Crippen molar-refractivity contribution in [3.8, 4) is 17.0 Å². The van der Waals surface area contributed by atoms with Gasteiger partial charge < -0.3 is 15.6 Å². The number of nitrogen functional groups attached to an aromatic ring is 1. The zero-order chi connectivity index (χ0) is 14.1. The highest BCUT2D eigenvalue weighted by molar-refractivity contribution is 5.79. The van der Waals surface area contributed by atoms with E-state index in [4.69, 9.17) is 10.5 Å². The van der Waals surface area contributed by atoms with Crippen molar-refractivity contribution in [2.24, 2.45) is 0 Å². The molecule has 1 aromatic carbocycles. The zero-order valence-corrected chi connectivity index (χ0v) is 11.1. The number of ether oxygens (including phenoxy) is 1. The van der Waals surface area contributed by atoms with Crippen molar-refractivity contribution >= 4 is 11.5 Å². The molecule has 0 unspecified atom stereocenters. The summed E-state index contributed by atoms with van der Waals surface area (Å²) in [4.78, 5) is 4.56. The van der Waals surface area contributed by atoms with E-state index in [-0.39, 0.29) is 6.61 Å². The van der Waals surface area contributed by atoms with Gasteiger partial charge in [0.15, 0.2) is 0 Å². The molecular weight excluding hydrogens is 254 g/mol. The second-order valence-electron chi connectivity index (χ2n) is 4.43. The Morgan fingerprint density at radius 2 is 2.05 bits per heavy atom. The van der Waals surface area contributed by atoms with Crippen LogP contribution in [-0.2, 0) is 6.61 Å². The number of fused-ring (bicyclic) bond motifs is 1. The van der Waals surface area contributed by atoms with Gasteiger partial charge in [-0.15, -0.1) is 0 Å². The van der Waals surface area contributed by atoms with Crippen LogP contribution in [0, 0.1) is 0 Å². The molecule has 3 aromatic rings. The maximum Gasteiger partial charge on any atom is 0.144 e. The highest BCUT2D eigenvalue weighted by Crippen LogP contribution is 2.33. The van der Waals surface area contributed by atoms with Crippen molar-refractivity contribution < 1.29 is 9.84 Å². The van der Waals surface area contributed by atoms with Crippen molar-refractivity contribution in [2.45, 2.75) is 6.61 Å². The minimum atomic E-state index is -0.0772. The van der Waals surface area contributed by atoms with Crippen LogP contribution in [0.1, 0.15) is 5.56 Å².